The maximum atomic E-state index is 11.6. The van der Waals surface area contributed by atoms with E-state index in [1.165, 1.54) is 0 Å². The fourth-order valence-corrected chi connectivity index (χ4v) is 1.63. The van der Waals surface area contributed by atoms with Gasteiger partial charge in [-0.05, 0) is 34.6 Å². The topological polar surface area (TPSA) is 47.9 Å². The highest BCUT2D eigenvalue weighted by Gasteiger charge is 2.32. The first kappa shape index (κ1) is 12.8. The maximum absolute atomic E-state index is 11.6. The van der Waals surface area contributed by atoms with Gasteiger partial charge in [0, 0.05) is 6.21 Å². The molecule has 1 rings (SSSR count). The highest BCUT2D eigenvalue weighted by atomic mass is 32.2. The van der Waals surface area contributed by atoms with E-state index >= 15 is 0 Å². The average Bonchev–Trinajstić information content (AvgIpc) is 2.39. The molecule has 1 saturated heterocycles. The van der Waals surface area contributed by atoms with Crippen molar-refractivity contribution >= 4 is 17.2 Å². The van der Waals surface area contributed by atoms with E-state index in [-0.39, 0.29) is 10.9 Å². The minimum atomic E-state index is -1.22. The molecule has 0 aromatic rings. The van der Waals surface area contributed by atoms with Crippen molar-refractivity contribution in [2.24, 2.45) is 4.40 Å². The number of ether oxygens (including phenoxy) is 2. The van der Waals surface area contributed by atoms with E-state index in [1.807, 2.05) is 34.6 Å². The van der Waals surface area contributed by atoms with Gasteiger partial charge in [0.2, 0.25) is 0 Å². The molecule has 5 heteroatoms. The van der Waals surface area contributed by atoms with Crippen LogP contribution < -0.4 is 0 Å². The molecule has 1 aliphatic heterocycles. The van der Waals surface area contributed by atoms with E-state index in [4.69, 9.17) is 9.47 Å². The molecule has 0 aromatic heterocycles. The molecule has 0 spiro atoms. The summed E-state index contributed by atoms with van der Waals surface area (Å²) in [5.74, 6) is -0.556. The lowest BCUT2D eigenvalue weighted by atomic mass is 10.3. The second-order valence-corrected chi connectivity index (χ2v) is 6.92. The first-order chi connectivity index (χ1) is 6.71. The molecule has 0 bridgehead atoms. The third-order valence-electron chi connectivity index (χ3n) is 1.88. The van der Waals surface area contributed by atoms with Gasteiger partial charge in [-0.1, -0.05) is 0 Å². The fourth-order valence-electron chi connectivity index (χ4n) is 1.07. The summed E-state index contributed by atoms with van der Waals surface area (Å²) in [6.07, 6.45) is 1.39. The van der Waals surface area contributed by atoms with Crippen LogP contribution in [0.15, 0.2) is 4.40 Å². The van der Waals surface area contributed by atoms with Crippen LogP contribution in [-0.4, -0.2) is 33.7 Å². The molecule has 2 atom stereocenters. The van der Waals surface area contributed by atoms with Crippen molar-refractivity contribution < 1.29 is 13.7 Å². The standard InChI is InChI=1S/C10H19NO3S/c1-9(2,3)15(12)11-6-8-7-13-10(4,5)14-8/h6,8H,7H2,1-5H3/b11-6+/t8-,15?/m1/s1. The molecule has 0 N–H and O–H groups in total. The molecule has 0 saturated carbocycles. The Balaban J connectivity index is 2.50. The summed E-state index contributed by atoms with van der Waals surface area (Å²) in [6, 6.07) is 0. The lowest BCUT2D eigenvalue weighted by Gasteiger charge is -2.16. The summed E-state index contributed by atoms with van der Waals surface area (Å²) in [5, 5.41) is 0. The van der Waals surface area contributed by atoms with Gasteiger partial charge < -0.3 is 9.47 Å². The van der Waals surface area contributed by atoms with Crippen molar-refractivity contribution in [1.82, 2.24) is 0 Å². The largest absolute Gasteiger partial charge is 0.347 e. The average molecular weight is 233 g/mol. The number of hydrogen-bond acceptors (Lipinski definition) is 3. The van der Waals surface area contributed by atoms with Crippen molar-refractivity contribution in [3.63, 3.8) is 0 Å². The Kier molecular flexibility index (Phi) is 3.68. The number of hydrogen-bond donors (Lipinski definition) is 0. The molecule has 88 valence electrons. The van der Waals surface area contributed by atoms with Gasteiger partial charge >= 0.3 is 0 Å². The van der Waals surface area contributed by atoms with Crippen LogP contribution in [-0.2, 0) is 20.5 Å². The Morgan fingerprint density at radius 3 is 2.47 bits per heavy atom. The van der Waals surface area contributed by atoms with Crippen molar-refractivity contribution in [3.8, 4) is 0 Å². The van der Waals surface area contributed by atoms with E-state index in [0.717, 1.165) is 0 Å². The molecule has 1 aliphatic rings. The van der Waals surface area contributed by atoms with Gasteiger partial charge in [-0.15, -0.1) is 0 Å². The fraction of sp³-hybridized carbons (Fsp3) is 0.900. The summed E-state index contributed by atoms with van der Waals surface area (Å²) < 4.78 is 26.1. The van der Waals surface area contributed by atoms with E-state index in [2.05, 4.69) is 4.40 Å². The van der Waals surface area contributed by atoms with Gasteiger partial charge in [-0.3, -0.25) is 0 Å². The Labute approximate surface area is 93.6 Å². The third-order valence-corrected chi connectivity index (χ3v) is 3.24. The zero-order valence-corrected chi connectivity index (χ0v) is 10.8. The van der Waals surface area contributed by atoms with Crippen LogP contribution >= 0.6 is 0 Å². The summed E-state index contributed by atoms with van der Waals surface area (Å²) in [6.45, 7) is 9.82. The van der Waals surface area contributed by atoms with E-state index in [1.54, 1.807) is 6.21 Å². The van der Waals surface area contributed by atoms with Gasteiger partial charge in [0.05, 0.1) is 11.4 Å². The molecular weight excluding hydrogens is 214 g/mol. The number of rotatable bonds is 2. The summed E-state index contributed by atoms with van der Waals surface area (Å²) in [7, 11) is -1.22. The Bertz CT molecular complexity index is 281. The molecule has 0 aromatic carbocycles. The number of nitrogens with zero attached hydrogens (tertiary/aromatic N) is 1. The highest BCUT2D eigenvalue weighted by Crippen LogP contribution is 2.21. The van der Waals surface area contributed by atoms with Crippen LogP contribution in [0.3, 0.4) is 0 Å². The molecule has 15 heavy (non-hydrogen) atoms. The Hall–Kier alpha value is -0.260. The lowest BCUT2D eigenvalue weighted by molar-refractivity contribution is -0.130. The lowest BCUT2D eigenvalue weighted by Crippen LogP contribution is -2.23. The second-order valence-electron chi connectivity index (χ2n) is 4.98. The molecule has 0 amide bonds. The van der Waals surface area contributed by atoms with Crippen molar-refractivity contribution in [2.75, 3.05) is 6.61 Å². The maximum Gasteiger partial charge on any atom is 0.163 e. The van der Waals surface area contributed by atoms with Crippen LogP contribution in [0.5, 0.6) is 0 Å². The van der Waals surface area contributed by atoms with Gasteiger partial charge in [0.15, 0.2) is 5.79 Å². The van der Waals surface area contributed by atoms with Crippen LogP contribution in [0.2, 0.25) is 0 Å². The van der Waals surface area contributed by atoms with Crippen LogP contribution in [0.4, 0.5) is 0 Å². The first-order valence-corrected chi connectivity index (χ1v) is 6.09. The minimum absolute atomic E-state index is 0.189. The van der Waals surface area contributed by atoms with Crippen LogP contribution in [0.25, 0.3) is 0 Å². The van der Waals surface area contributed by atoms with E-state index in [9.17, 15) is 4.21 Å². The van der Waals surface area contributed by atoms with Gasteiger partial charge in [-0.2, -0.15) is 4.40 Å². The van der Waals surface area contributed by atoms with Gasteiger partial charge in [-0.25, -0.2) is 4.21 Å². The molecule has 4 nitrogen and oxygen atoms in total. The normalized spacial score (nSPS) is 28.5. The highest BCUT2D eigenvalue weighted by molar-refractivity contribution is 7.85. The first-order valence-electron chi connectivity index (χ1n) is 4.99. The van der Waals surface area contributed by atoms with Crippen molar-refractivity contribution in [1.29, 1.82) is 0 Å². The Morgan fingerprint density at radius 2 is 2.07 bits per heavy atom. The van der Waals surface area contributed by atoms with Crippen molar-refractivity contribution in [2.45, 2.75) is 51.3 Å². The molecular formula is C10H19NO3S. The summed E-state index contributed by atoms with van der Waals surface area (Å²) in [5.41, 5.74) is 0. The molecule has 0 aliphatic carbocycles. The predicted octanol–water partition coefficient (Wildman–Crippen LogP) is 1.67. The van der Waals surface area contributed by atoms with E-state index in [0.29, 0.717) is 6.61 Å². The zero-order valence-electron chi connectivity index (χ0n) is 9.94. The SMILES string of the molecule is CC1(C)OC[C@@H](/C=N/S(=O)C(C)(C)C)O1. The summed E-state index contributed by atoms with van der Waals surface area (Å²) >= 11 is 0. The minimum Gasteiger partial charge on any atom is -0.347 e. The second kappa shape index (κ2) is 4.31. The smallest absolute Gasteiger partial charge is 0.163 e. The van der Waals surface area contributed by atoms with Crippen LogP contribution in [0.1, 0.15) is 34.6 Å². The monoisotopic (exact) mass is 233 g/mol. The predicted molar refractivity (Wildman–Crippen MR) is 61.3 cm³/mol. The molecule has 1 unspecified atom stereocenters. The molecule has 0 radical (unpaired) electrons. The zero-order chi connectivity index (χ0) is 11.7. The van der Waals surface area contributed by atoms with Crippen molar-refractivity contribution in [3.05, 3.63) is 0 Å². The van der Waals surface area contributed by atoms with Gasteiger partial charge in [0.1, 0.15) is 17.1 Å². The Morgan fingerprint density at radius 1 is 1.47 bits per heavy atom. The quantitative estimate of drug-likeness (QED) is 0.682. The molecule has 1 fully saturated rings. The summed E-state index contributed by atoms with van der Waals surface area (Å²) in [4.78, 5) is 0. The van der Waals surface area contributed by atoms with Gasteiger partial charge in [0.25, 0.3) is 0 Å². The third kappa shape index (κ3) is 4.01. The van der Waals surface area contributed by atoms with E-state index < -0.39 is 16.8 Å². The molecule has 1 heterocycles. The van der Waals surface area contributed by atoms with Crippen LogP contribution in [0, 0.1) is 0 Å².